The lowest BCUT2D eigenvalue weighted by atomic mass is 9.44. The molecule has 0 unspecified atom stereocenters. The highest BCUT2D eigenvalue weighted by Crippen LogP contribution is 2.52. The first-order chi connectivity index (χ1) is 35.5. The molecule has 0 amide bonds. The van der Waals surface area contributed by atoms with E-state index in [1.54, 1.807) is 0 Å². The average Bonchev–Trinajstić information content (AvgIpc) is 4.07. The highest BCUT2D eigenvalue weighted by Gasteiger charge is 2.44. The maximum atomic E-state index is 2.78. The van der Waals surface area contributed by atoms with Gasteiger partial charge in [-0.2, -0.15) is 0 Å². The maximum Gasteiger partial charge on any atom is 0.333 e. The van der Waals surface area contributed by atoms with Gasteiger partial charge in [-0.1, -0.05) is 197 Å². The SMILES string of the molecule is CC(C)(C)c1ccc(-c2cc3c4c(c2)N(c2ccc(C(C)(C)C)cc2)c2ccc(C(C)(C)C)cc2B4n2c4ccc(C(C)(C)C)cc4c4c2c-3cc2c3cc(C(C)(C)C)ccc3n(-c3ccc(C(C)(C)C)cc3)c24)cc1. The van der Waals surface area contributed by atoms with Crippen LogP contribution in [0.15, 0.2) is 146 Å². The third-order valence-electron chi connectivity index (χ3n) is 17.2. The van der Waals surface area contributed by atoms with E-state index in [0.717, 1.165) is 0 Å². The van der Waals surface area contributed by atoms with Crippen LogP contribution in [-0.2, 0) is 32.5 Å². The first kappa shape index (κ1) is 50.1. The van der Waals surface area contributed by atoms with Gasteiger partial charge in [-0.25, -0.2) is 0 Å². The van der Waals surface area contributed by atoms with Gasteiger partial charge in [-0.3, -0.25) is 0 Å². The predicted molar refractivity (Wildman–Crippen MR) is 332 cm³/mol. The molecule has 0 aliphatic carbocycles. The number of anilines is 3. The van der Waals surface area contributed by atoms with Gasteiger partial charge in [-0.05, 0) is 166 Å². The molecule has 0 radical (unpaired) electrons. The number of benzene rings is 8. The first-order valence-electron chi connectivity index (χ1n) is 28.0. The summed E-state index contributed by atoms with van der Waals surface area (Å²) in [4.78, 5) is 2.60. The van der Waals surface area contributed by atoms with Crippen molar-refractivity contribution in [2.45, 2.75) is 157 Å². The van der Waals surface area contributed by atoms with Gasteiger partial charge in [-0.15, -0.1) is 0 Å². The van der Waals surface area contributed by atoms with Gasteiger partial charge in [0.05, 0.1) is 11.0 Å². The summed E-state index contributed by atoms with van der Waals surface area (Å²) in [6.45, 7) is 41.9. The minimum absolute atomic E-state index is 0.0265. The Morgan fingerprint density at radius 3 is 1.33 bits per heavy atom. The molecule has 12 rings (SSSR count). The Labute approximate surface area is 454 Å². The molecule has 2 aromatic heterocycles. The number of fused-ring (bicyclic) bond motifs is 11. The number of nitrogens with zero attached hydrogens (tertiary/aromatic N) is 3. The van der Waals surface area contributed by atoms with Crippen molar-refractivity contribution in [1.82, 2.24) is 9.05 Å². The minimum Gasteiger partial charge on any atom is -0.375 e. The molecule has 0 spiro atoms. The Hall–Kier alpha value is -6.78. The summed E-state index contributed by atoms with van der Waals surface area (Å²) in [5, 5.41) is 5.21. The van der Waals surface area contributed by atoms with Crippen LogP contribution in [0.5, 0.6) is 0 Å². The van der Waals surface area contributed by atoms with Crippen molar-refractivity contribution in [3.63, 3.8) is 0 Å². The molecular formula is C72H78BN3. The van der Waals surface area contributed by atoms with E-state index in [9.17, 15) is 0 Å². The molecule has 0 fully saturated rings. The van der Waals surface area contributed by atoms with Crippen LogP contribution >= 0.6 is 0 Å². The van der Waals surface area contributed by atoms with Crippen molar-refractivity contribution in [3.8, 4) is 27.9 Å². The van der Waals surface area contributed by atoms with Crippen molar-refractivity contribution < 1.29 is 0 Å². The molecule has 2 aliphatic heterocycles. The second kappa shape index (κ2) is 16.4. The van der Waals surface area contributed by atoms with E-state index in [4.69, 9.17) is 0 Å². The molecule has 10 aromatic rings. The van der Waals surface area contributed by atoms with Crippen molar-refractivity contribution >= 4 is 78.4 Å². The molecule has 4 heteroatoms. The minimum atomic E-state index is -0.105. The van der Waals surface area contributed by atoms with E-state index in [2.05, 4.69) is 284 Å². The van der Waals surface area contributed by atoms with E-state index >= 15 is 0 Å². The topological polar surface area (TPSA) is 13.1 Å². The zero-order chi connectivity index (χ0) is 54.1. The molecule has 3 nitrogen and oxygen atoms in total. The number of aromatic nitrogens is 2. The Balaban J connectivity index is 1.30. The highest BCUT2D eigenvalue weighted by molar-refractivity contribution is 6.90. The summed E-state index contributed by atoms with van der Waals surface area (Å²) >= 11 is 0. The van der Waals surface area contributed by atoms with Crippen LogP contribution in [0.1, 0.15) is 158 Å². The molecule has 0 atom stereocenters. The lowest BCUT2D eigenvalue weighted by Crippen LogP contribution is -2.57. The predicted octanol–water partition coefficient (Wildman–Crippen LogP) is 18.8. The average molecular weight is 996 g/mol. The molecule has 0 saturated heterocycles. The van der Waals surface area contributed by atoms with Crippen molar-refractivity contribution in [3.05, 3.63) is 179 Å². The Bertz CT molecular complexity index is 4000. The fraction of sp³-hybridized carbons (Fsp3) is 0.333. The quantitative estimate of drug-likeness (QED) is 0.161. The van der Waals surface area contributed by atoms with Crippen LogP contribution < -0.4 is 15.8 Å². The van der Waals surface area contributed by atoms with Crippen LogP contribution in [-0.4, -0.2) is 15.9 Å². The summed E-state index contributed by atoms with van der Waals surface area (Å²) < 4.78 is 5.39. The summed E-state index contributed by atoms with van der Waals surface area (Å²) in [7, 11) is 0. The Morgan fingerprint density at radius 1 is 0.329 bits per heavy atom. The van der Waals surface area contributed by atoms with Gasteiger partial charge in [0, 0.05) is 60.9 Å². The van der Waals surface area contributed by atoms with Crippen LogP contribution in [0, 0.1) is 0 Å². The zero-order valence-corrected chi connectivity index (χ0v) is 48.8. The Morgan fingerprint density at radius 2 is 0.789 bits per heavy atom. The molecule has 0 saturated carbocycles. The number of hydrogen-bond acceptors (Lipinski definition) is 1. The smallest absolute Gasteiger partial charge is 0.333 e. The summed E-state index contributed by atoms with van der Waals surface area (Å²) in [5.41, 5.74) is 25.6. The normalized spacial score (nSPS) is 14.1. The van der Waals surface area contributed by atoms with Crippen LogP contribution in [0.3, 0.4) is 0 Å². The monoisotopic (exact) mass is 996 g/mol. The zero-order valence-electron chi connectivity index (χ0n) is 48.8. The van der Waals surface area contributed by atoms with E-state index in [-0.39, 0.29) is 39.3 Å². The van der Waals surface area contributed by atoms with Crippen molar-refractivity contribution in [2.75, 3.05) is 4.90 Å². The molecular weight excluding hydrogens is 918 g/mol. The van der Waals surface area contributed by atoms with Gasteiger partial charge in [0.15, 0.2) is 0 Å². The molecule has 76 heavy (non-hydrogen) atoms. The fourth-order valence-electron chi connectivity index (χ4n) is 12.6. The van der Waals surface area contributed by atoms with Gasteiger partial charge >= 0.3 is 6.85 Å². The van der Waals surface area contributed by atoms with Gasteiger partial charge < -0.3 is 13.9 Å². The summed E-state index contributed by atoms with van der Waals surface area (Å²) in [5.74, 6) is 0. The second-order valence-corrected chi connectivity index (χ2v) is 28.9. The van der Waals surface area contributed by atoms with E-state index in [0.29, 0.717) is 0 Å². The van der Waals surface area contributed by atoms with Crippen molar-refractivity contribution in [1.29, 1.82) is 0 Å². The van der Waals surface area contributed by atoms with E-state index < -0.39 is 0 Å². The standard InChI is InChI=1S/C72H78BN3/c1-67(2,3)45-21-19-43(20-22-45)44-37-54-56-42-55-53-39-48(70(10,11)12)27-34-59(53)75(52-32-25-47(26-33-52)69(7,8)9)65(55)63-57-40-49(71(13,14)15)28-35-60(57)76(66(56)63)73-58-41-50(72(16,17)18)29-36-61(58)74(62(38-44)64(54)73)51-30-23-46(24-31-51)68(4,5)6/h19-42H,1-18H3. The van der Waals surface area contributed by atoms with Crippen molar-refractivity contribution in [2.24, 2.45) is 0 Å². The van der Waals surface area contributed by atoms with E-state index in [1.165, 1.54) is 133 Å². The maximum absolute atomic E-state index is 2.78. The van der Waals surface area contributed by atoms with Gasteiger partial charge in [0.1, 0.15) is 0 Å². The van der Waals surface area contributed by atoms with Gasteiger partial charge in [0.25, 0.3) is 0 Å². The van der Waals surface area contributed by atoms with E-state index in [1.807, 2.05) is 0 Å². The van der Waals surface area contributed by atoms with Crippen LogP contribution in [0.25, 0.3) is 71.6 Å². The molecule has 0 bridgehead atoms. The third-order valence-corrected chi connectivity index (χ3v) is 17.2. The highest BCUT2D eigenvalue weighted by atomic mass is 15.2. The molecule has 8 aromatic carbocycles. The Kier molecular flexibility index (Phi) is 10.8. The third kappa shape index (κ3) is 7.82. The summed E-state index contributed by atoms with van der Waals surface area (Å²) in [6.07, 6.45) is 0. The summed E-state index contributed by atoms with van der Waals surface area (Å²) in [6, 6.07) is 58.1. The lowest BCUT2D eigenvalue weighted by molar-refractivity contribution is 0.590. The molecule has 0 N–H and O–H groups in total. The second-order valence-electron chi connectivity index (χ2n) is 28.9. The fourth-order valence-corrected chi connectivity index (χ4v) is 12.6. The lowest BCUT2D eigenvalue weighted by Gasteiger charge is -2.41. The number of rotatable bonds is 3. The molecule has 2 aliphatic rings. The van der Waals surface area contributed by atoms with Gasteiger partial charge in [0.2, 0.25) is 0 Å². The first-order valence-corrected chi connectivity index (χ1v) is 28.0. The molecule has 384 valence electrons. The largest absolute Gasteiger partial charge is 0.375 e. The van der Waals surface area contributed by atoms with Crippen LogP contribution in [0.4, 0.5) is 17.1 Å². The van der Waals surface area contributed by atoms with Crippen LogP contribution in [0.2, 0.25) is 0 Å². The molecule has 4 heterocycles. The number of hydrogen-bond donors (Lipinski definition) is 0.